The van der Waals surface area contributed by atoms with E-state index in [1.165, 1.54) is 11.8 Å². The van der Waals surface area contributed by atoms with E-state index in [-0.39, 0.29) is 11.5 Å². The molecular formula is C23H28N4O3S. The number of carbonyl (C=O) groups is 1. The lowest BCUT2D eigenvalue weighted by atomic mass is 10.00. The number of ketones is 1. The largest absolute Gasteiger partial charge is 0.496 e. The third-order valence-corrected chi connectivity index (χ3v) is 6.61. The summed E-state index contributed by atoms with van der Waals surface area (Å²) in [6.07, 6.45) is 3.95. The summed E-state index contributed by atoms with van der Waals surface area (Å²) < 4.78 is 13.0. The van der Waals surface area contributed by atoms with E-state index in [0.717, 1.165) is 49.1 Å². The Morgan fingerprint density at radius 3 is 2.77 bits per heavy atom. The summed E-state index contributed by atoms with van der Waals surface area (Å²) in [6, 6.07) is 9.47. The SMILES string of the molecule is COc1ccc(C)cc1C(=O)CSc1nnc(N2CCC(C)CC2)n1Cc1ccco1. The van der Waals surface area contributed by atoms with Crippen LogP contribution in [0.2, 0.25) is 0 Å². The molecule has 1 aromatic carbocycles. The molecule has 0 N–H and O–H groups in total. The van der Waals surface area contributed by atoms with Gasteiger partial charge in [-0.05, 0) is 49.9 Å². The molecule has 0 amide bonds. The second-order valence-corrected chi connectivity index (χ2v) is 8.98. The standard InChI is InChI=1S/C23H28N4O3S/c1-16-8-10-26(11-9-16)22-24-25-23(27(22)14-18-5-4-12-30-18)31-15-20(28)19-13-17(2)6-7-21(19)29-3/h4-7,12-13,16H,8-11,14-15H2,1-3H3. The van der Waals surface area contributed by atoms with Crippen molar-refractivity contribution >= 4 is 23.5 Å². The van der Waals surface area contributed by atoms with E-state index in [4.69, 9.17) is 9.15 Å². The summed E-state index contributed by atoms with van der Waals surface area (Å²) in [5, 5.41) is 9.62. The number of hydrogen-bond donors (Lipinski definition) is 0. The normalized spacial score (nSPS) is 14.7. The van der Waals surface area contributed by atoms with Crippen LogP contribution in [0.5, 0.6) is 5.75 Å². The van der Waals surface area contributed by atoms with Crippen molar-refractivity contribution in [2.45, 2.75) is 38.4 Å². The monoisotopic (exact) mass is 440 g/mol. The van der Waals surface area contributed by atoms with Crippen molar-refractivity contribution < 1.29 is 13.9 Å². The quantitative estimate of drug-likeness (QED) is 0.378. The van der Waals surface area contributed by atoms with Crippen molar-refractivity contribution in [1.82, 2.24) is 14.8 Å². The van der Waals surface area contributed by atoms with Crippen LogP contribution >= 0.6 is 11.8 Å². The summed E-state index contributed by atoms with van der Waals surface area (Å²) in [7, 11) is 1.58. The van der Waals surface area contributed by atoms with Gasteiger partial charge < -0.3 is 14.1 Å². The maximum atomic E-state index is 12.9. The van der Waals surface area contributed by atoms with Gasteiger partial charge in [-0.15, -0.1) is 10.2 Å². The molecule has 0 spiro atoms. The fourth-order valence-electron chi connectivity index (χ4n) is 3.77. The predicted octanol–water partition coefficient (Wildman–Crippen LogP) is 4.45. The second-order valence-electron chi connectivity index (χ2n) is 8.03. The van der Waals surface area contributed by atoms with Gasteiger partial charge >= 0.3 is 0 Å². The number of benzene rings is 1. The maximum Gasteiger partial charge on any atom is 0.228 e. The van der Waals surface area contributed by atoms with Crippen LogP contribution in [0, 0.1) is 12.8 Å². The number of piperidine rings is 1. The molecule has 164 valence electrons. The predicted molar refractivity (Wildman–Crippen MR) is 121 cm³/mol. The topological polar surface area (TPSA) is 73.4 Å². The highest BCUT2D eigenvalue weighted by molar-refractivity contribution is 7.99. The Bertz CT molecular complexity index is 1020. The molecule has 0 unspecified atom stereocenters. The molecule has 7 nitrogen and oxygen atoms in total. The van der Waals surface area contributed by atoms with Crippen molar-refractivity contribution in [2.24, 2.45) is 5.92 Å². The number of thioether (sulfide) groups is 1. The van der Waals surface area contributed by atoms with E-state index >= 15 is 0 Å². The Morgan fingerprint density at radius 2 is 2.06 bits per heavy atom. The van der Waals surface area contributed by atoms with E-state index < -0.39 is 0 Å². The summed E-state index contributed by atoms with van der Waals surface area (Å²) in [4.78, 5) is 15.2. The third kappa shape index (κ3) is 4.95. The minimum Gasteiger partial charge on any atom is -0.496 e. The minimum atomic E-state index is 0.00597. The van der Waals surface area contributed by atoms with Gasteiger partial charge in [0.05, 0.1) is 31.2 Å². The number of carbonyl (C=O) groups excluding carboxylic acids is 1. The first-order valence-corrected chi connectivity index (χ1v) is 11.5. The van der Waals surface area contributed by atoms with E-state index in [0.29, 0.717) is 23.0 Å². The smallest absolute Gasteiger partial charge is 0.228 e. The fraction of sp³-hybridized carbons (Fsp3) is 0.435. The molecular weight excluding hydrogens is 412 g/mol. The molecule has 1 aliphatic heterocycles. The number of methoxy groups -OCH3 is 1. The van der Waals surface area contributed by atoms with Crippen LogP contribution in [0.3, 0.4) is 0 Å². The highest BCUT2D eigenvalue weighted by Gasteiger charge is 2.24. The molecule has 0 aliphatic carbocycles. The summed E-state index contributed by atoms with van der Waals surface area (Å²) in [6.45, 7) is 6.71. The zero-order chi connectivity index (χ0) is 21.8. The van der Waals surface area contributed by atoms with E-state index in [1.807, 2.05) is 37.3 Å². The van der Waals surface area contributed by atoms with E-state index in [9.17, 15) is 4.79 Å². The van der Waals surface area contributed by atoms with Crippen LogP contribution in [0.4, 0.5) is 5.95 Å². The molecule has 1 saturated heterocycles. The molecule has 0 atom stereocenters. The molecule has 0 radical (unpaired) electrons. The first-order valence-electron chi connectivity index (χ1n) is 10.6. The Kier molecular flexibility index (Phi) is 6.65. The van der Waals surface area contributed by atoms with Gasteiger partial charge in [0.25, 0.3) is 0 Å². The molecule has 4 rings (SSSR count). The number of aryl methyl sites for hydroxylation is 1. The van der Waals surface area contributed by atoms with E-state index in [2.05, 4.69) is 26.6 Å². The first-order chi connectivity index (χ1) is 15.0. The Morgan fingerprint density at radius 1 is 1.26 bits per heavy atom. The van der Waals surface area contributed by atoms with Crippen LogP contribution in [0.15, 0.2) is 46.2 Å². The van der Waals surface area contributed by atoms with Gasteiger partial charge in [0.1, 0.15) is 11.5 Å². The van der Waals surface area contributed by atoms with Gasteiger partial charge in [-0.2, -0.15) is 0 Å². The van der Waals surface area contributed by atoms with Gasteiger partial charge in [0, 0.05) is 13.1 Å². The molecule has 1 aliphatic rings. The lowest BCUT2D eigenvalue weighted by molar-refractivity contribution is 0.101. The first kappa shape index (κ1) is 21.5. The highest BCUT2D eigenvalue weighted by Crippen LogP contribution is 2.28. The van der Waals surface area contributed by atoms with Crippen LogP contribution < -0.4 is 9.64 Å². The zero-order valence-electron chi connectivity index (χ0n) is 18.2. The average molecular weight is 441 g/mol. The van der Waals surface area contributed by atoms with Crippen molar-refractivity contribution in [3.05, 3.63) is 53.5 Å². The molecule has 3 aromatic rings. The molecule has 8 heteroatoms. The molecule has 2 aromatic heterocycles. The number of rotatable bonds is 8. The third-order valence-electron chi connectivity index (χ3n) is 5.65. The maximum absolute atomic E-state index is 12.9. The summed E-state index contributed by atoms with van der Waals surface area (Å²) >= 11 is 1.40. The van der Waals surface area contributed by atoms with Gasteiger partial charge in [-0.1, -0.05) is 30.3 Å². The number of aromatic nitrogens is 3. The lowest BCUT2D eigenvalue weighted by Gasteiger charge is -2.31. The van der Waals surface area contributed by atoms with Crippen molar-refractivity contribution in [1.29, 1.82) is 0 Å². The summed E-state index contributed by atoms with van der Waals surface area (Å²) in [5.74, 6) is 3.26. The van der Waals surface area contributed by atoms with Gasteiger partial charge in [-0.25, -0.2) is 0 Å². The summed E-state index contributed by atoms with van der Waals surface area (Å²) in [5.41, 5.74) is 1.62. The Hall–Kier alpha value is -2.74. The van der Waals surface area contributed by atoms with Crippen LogP contribution in [-0.4, -0.2) is 46.5 Å². The Balaban J connectivity index is 1.55. The number of Topliss-reactive ketones (excluding diaryl/α,β-unsaturated/α-hetero) is 1. The van der Waals surface area contributed by atoms with Crippen LogP contribution in [-0.2, 0) is 6.54 Å². The van der Waals surface area contributed by atoms with Crippen molar-refractivity contribution in [3.8, 4) is 5.75 Å². The molecule has 0 bridgehead atoms. The minimum absolute atomic E-state index is 0.00597. The van der Waals surface area contributed by atoms with E-state index in [1.54, 1.807) is 13.4 Å². The zero-order valence-corrected chi connectivity index (χ0v) is 19.0. The number of ether oxygens (including phenoxy) is 1. The number of anilines is 1. The number of nitrogens with zero attached hydrogens (tertiary/aromatic N) is 4. The molecule has 31 heavy (non-hydrogen) atoms. The Labute approximate surface area is 186 Å². The van der Waals surface area contributed by atoms with Gasteiger partial charge in [-0.3, -0.25) is 9.36 Å². The van der Waals surface area contributed by atoms with Gasteiger partial charge in [0.15, 0.2) is 10.9 Å². The molecule has 1 fully saturated rings. The van der Waals surface area contributed by atoms with Crippen LogP contribution in [0.25, 0.3) is 0 Å². The lowest BCUT2D eigenvalue weighted by Crippen LogP contribution is -2.35. The van der Waals surface area contributed by atoms with Gasteiger partial charge in [0.2, 0.25) is 5.95 Å². The molecule has 0 saturated carbocycles. The average Bonchev–Trinajstić information content (AvgIpc) is 3.43. The second kappa shape index (κ2) is 9.60. The molecule has 3 heterocycles. The fourth-order valence-corrected chi connectivity index (χ4v) is 4.59. The number of hydrogen-bond acceptors (Lipinski definition) is 7. The van der Waals surface area contributed by atoms with Crippen molar-refractivity contribution in [2.75, 3.05) is 30.9 Å². The van der Waals surface area contributed by atoms with Crippen LogP contribution in [0.1, 0.15) is 41.4 Å². The highest BCUT2D eigenvalue weighted by atomic mass is 32.2. The number of furan rings is 1. The van der Waals surface area contributed by atoms with Crippen molar-refractivity contribution in [3.63, 3.8) is 0 Å².